The fourth-order valence-corrected chi connectivity index (χ4v) is 3.84. The first-order valence-corrected chi connectivity index (χ1v) is 9.33. The fourth-order valence-electron chi connectivity index (χ4n) is 3.84. The number of nitrogens with one attached hydrogen (secondary N) is 3. The molecule has 25 heavy (non-hydrogen) atoms. The normalized spacial score (nSPS) is 26.9. The molecule has 3 atom stereocenters. The molecule has 0 bridgehead atoms. The van der Waals surface area contributed by atoms with Crippen molar-refractivity contribution in [2.24, 2.45) is 5.92 Å². The van der Waals surface area contributed by atoms with E-state index in [4.69, 9.17) is 0 Å². The van der Waals surface area contributed by atoms with Gasteiger partial charge in [-0.15, -0.1) is 0 Å². The van der Waals surface area contributed by atoms with E-state index in [2.05, 4.69) is 30.0 Å². The third-order valence-electron chi connectivity index (χ3n) is 4.96. The summed E-state index contributed by atoms with van der Waals surface area (Å²) in [6.07, 6.45) is 3.87. The number of likely N-dealkylation sites (tertiary alicyclic amines) is 1. The predicted octanol–water partition coefficient (Wildman–Crippen LogP) is 2.51. The Morgan fingerprint density at radius 3 is 3.00 bits per heavy atom. The van der Waals surface area contributed by atoms with Gasteiger partial charge in [-0.3, -0.25) is 10.2 Å². The number of hydrazine groups is 1. The molecule has 2 heterocycles. The van der Waals surface area contributed by atoms with Gasteiger partial charge < -0.3 is 10.2 Å². The van der Waals surface area contributed by atoms with Gasteiger partial charge in [0, 0.05) is 30.9 Å². The number of hydrogen-bond donors (Lipinski definition) is 3. The van der Waals surface area contributed by atoms with Gasteiger partial charge in [0.1, 0.15) is 11.9 Å². The molecule has 3 unspecified atom stereocenters. The number of piperidine rings is 1. The van der Waals surface area contributed by atoms with E-state index < -0.39 is 0 Å². The number of anilines is 1. The molecule has 0 aromatic heterocycles. The number of hydrogen-bond acceptors (Lipinski definition) is 4. The first-order valence-electron chi connectivity index (χ1n) is 9.33. The van der Waals surface area contributed by atoms with Crippen LogP contribution in [0.1, 0.15) is 39.5 Å². The van der Waals surface area contributed by atoms with E-state index in [1.165, 1.54) is 12.1 Å². The Kier molecular flexibility index (Phi) is 5.91. The zero-order chi connectivity index (χ0) is 17.8. The standard InChI is InChI=1S/C19H29FN4O/c1-13(2)9-17-11-18(23-22-17)19(25)24-8-4-7-16(12-24)21-15-6-3-5-14(20)10-15/h3,5-6,10,13,16-18,21-23H,4,7-9,11-12H2,1-2H3. The molecule has 6 heteroatoms. The molecular weight excluding hydrogens is 319 g/mol. The molecule has 2 aliphatic heterocycles. The van der Waals surface area contributed by atoms with Crippen molar-refractivity contribution in [3.8, 4) is 0 Å². The second kappa shape index (κ2) is 8.15. The Morgan fingerprint density at radius 1 is 1.40 bits per heavy atom. The van der Waals surface area contributed by atoms with E-state index in [0.29, 0.717) is 18.5 Å². The maximum atomic E-state index is 13.3. The van der Waals surface area contributed by atoms with Gasteiger partial charge in [0.05, 0.1) is 0 Å². The number of amides is 1. The number of nitrogens with zero attached hydrogens (tertiary/aromatic N) is 1. The van der Waals surface area contributed by atoms with E-state index >= 15 is 0 Å². The predicted molar refractivity (Wildman–Crippen MR) is 97.5 cm³/mol. The van der Waals surface area contributed by atoms with Crippen LogP contribution in [-0.2, 0) is 4.79 Å². The van der Waals surface area contributed by atoms with Crippen LogP contribution in [0, 0.1) is 11.7 Å². The summed E-state index contributed by atoms with van der Waals surface area (Å²) in [6.45, 7) is 5.86. The van der Waals surface area contributed by atoms with E-state index in [1.54, 1.807) is 6.07 Å². The van der Waals surface area contributed by atoms with E-state index in [-0.39, 0.29) is 23.8 Å². The van der Waals surface area contributed by atoms with Crippen molar-refractivity contribution in [3.63, 3.8) is 0 Å². The average Bonchev–Trinajstić information content (AvgIpc) is 3.02. The molecule has 138 valence electrons. The first-order chi connectivity index (χ1) is 12.0. The molecule has 5 nitrogen and oxygen atoms in total. The molecule has 2 aliphatic rings. The minimum atomic E-state index is -0.244. The van der Waals surface area contributed by atoms with Crippen LogP contribution in [0.4, 0.5) is 10.1 Å². The fraction of sp³-hybridized carbons (Fsp3) is 0.632. The lowest BCUT2D eigenvalue weighted by atomic mass is 9.98. The van der Waals surface area contributed by atoms with Crippen molar-refractivity contribution < 1.29 is 9.18 Å². The van der Waals surface area contributed by atoms with Gasteiger partial charge in [-0.1, -0.05) is 19.9 Å². The quantitative estimate of drug-likeness (QED) is 0.765. The largest absolute Gasteiger partial charge is 0.380 e. The zero-order valence-electron chi connectivity index (χ0n) is 15.1. The van der Waals surface area contributed by atoms with Gasteiger partial charge in [-0.25, -0.2) is 9.82 Å². The van der Waals surface area contributed by atoms with Crippen LogP contribution in [0.25, 0.3) is 0 Å². The second-order valence-electron chi connectivity index (χ2n) is 7.68. The molecule has 0 aliphatic carbocycles. The number of benzene rings is 1. The van der Waals surface area contributed by atoms with Gasteiger partial charge in [0.2, 0.25) is 5.91 Å². The Hall–Kier alpha value is -1.66. The van der Waals surface area contributed by atoms with Gasteiger partial charge in [-0.05, 0) is 49.8 Å². The molecule has 1 aromatic rings. The summed E-state index contributed by atoms with van der Waals surface area (Å²) in [7, 11) is 0. The van der Waals surface area contributed by atoms with E-state index in [1.807, 2.05) is 11.0 Å². The van der Waals surface area contributed by atoms with Gasteiger partial charge in [0.25, 0.3) is 0 Å². The maximum absolute atomic E-state index is 13.3. The summed E-state index contributed by atoms with van der Waals surface area (Å²) in [5.41, 5.74) is 7.21. The number of halogens is 1. The molecule has 0 saturated carbocycles. The molecule has 2 saturated heterocycles. The van der Waals surface area contributed by atoms with Gasteiger partial charge in [-0.2, -0.15) is 0 Å². The number of rotatable bonds is 5. The molecule has 1 amide bonds. The Bertz CT molecular complexity index is 595. The SMILES string of the molecule is CC(C)CC1CC(C(=O)N2CCCC(Nc3cccc(F)c3)C2)NN1. The summed E-state index contributed by atoms with van der Waals surface area (Å²) in [6, 6.07) is 6.89. The van der Waals surface area contributed by atoms with Crippen LogP contribution >= 0.6 is 0 Å². The first kappa shape index (κ1) is 18.1. The zero-order valence-corrected chi connectivity index (χ0v) is 15.1. The lowest BCUT2D eigenvalue weighted by Crippen LogP contribution is -2.51. The highest BCUT2D eigenvalue weighted by molar-refractivity contribution is 5.82. The van der Waals surface area contributed by atoms with E-state index in [0.717, 1.165) is 37.9 Å². The molecule has 1 aromatic carbocycles. The summed E-state index contributed by atoms with van der Waals surface area (Å²) >= 11 is 0. The van der Waals surface area contributed by atoms with Crippen LogP contribution in [0.15, 0.2) is 24.3 Å². The lowest BCUT2D eigenvalue weighted by molar-refractivity contribution is -0.134. The minimum absolute atomic E-state index is 0.142. The highest BCUT2D eigenvalue weighted by Crippen LogP contribution is 2.20. The number of carbonyl (C=O) groups is 1. The van der Waals surface area contributed by atoms with E-state index in [9.17, 15) is 9.18 Å². The van der Waals surface area contributed by atoms with Crippen molar-refractivity contribution >= 4 is 11.6 Å². The Morgan fingerprint density at radius 2 is 2.24 bits per heavy atom. The van der Waals surface area contributed by atoms with Crippen LogP contribution in [0.5, 0.6) is 0 Å². The second-order valence-corrected chi connectivity index (χ2v) is 7.68. The lowest BCUT2D eigenvalue weighted by Gasteiger charge is -2.35. The van der Waals surface area contributed by atoms with Crippen molar-refractivity contribution in [1.29, 1.82) is 0 Å². The molecular formula is C19H29FN4O. The average molecular weight is 348 g/mol. The third-order valence-corrected chi connectivity index (χ3v) is 4.96. The summed E-state index contributed by atoms with van der Waals surface area (Å²) in [4.78, 5) is 14.8. The molecule has 3 N–H and O–H groups in total. The summed E-state index contributed by atoms with van der Waals surface area (Å²) < 4.78 is 13.3. The van der Waals surface area contributed by atoms with Crippen LogP contribution in [-0.4, -0.2) is 42.0 Å². The third kappa shape index (κ3) is 4.92. The molecule has 0 radical (unpaired) electrons. The van der Waals surface area contributed by atoms with Crippen molar-refractivity contribution in [1.82, 2.24) is 15.8 Å². The Balaban J connectivity index is 1.53. The smallest absolute Gasteiger partial charge is 0.241 e. The van der Waals surface area contributed by atoms with Gasteiger partial charge in [0.15, 0.2) is 0 Å². The minimum Gasteiger partial charge on any atom is -0.380 e. The molecule has 3 rings (SSSR count). The number of carbonyl (C=O) groups excluding carboxylic acids is 1. The van der Waals surface area contributed by atoms with Crippen LogP contribution in [0.2, 0.25) is 0 Å². The monoisotopic (exact) mass is 348 g/mol. The highest BCUT2D eigenvalue weighted by Gasteiger charge is 2.34. The summed E-state index contributed by atoms with van der Waals surface area (Å²) in [5, 5.41) is 3.36. The highest BCUT2D eigenvalue weighted by atomic mass is 19.1. The van der Waals surface area contributed by atoms with Crippen molar-refractivity contribution in [2.75, 3.05) is 18.4 Å². The van der Waals surface area contributed by atoms with Crippen molar-refractivity contribution in [3.05, 3.63) is 30.1 Å². The molecule has 2 fully saturated rings. The Labute approximate surface area is 149 Å². The van der Waals surface area contributed by atoms with Crippen LogP contribution in [0.3, 0.4) is 0 Å². The van der Waals surface area contributed by atoms with Crippen molar-refractivity contribution in [2.45, 2.75) is 57.7 Å². The molecule has 0 spiro atoms. The summed E-state index contributed by atoms with van der Waals surface area (Å²) in [5.74, 6) is 0.540. The maximum Gasteiger partial charge on any atom is 0.241 e. The topological polar surface area (TPSA) is 56.4 Å². The van der Waals surface area contributed by atoms with Gasteiger partial charge >= 0.3 is 0 Å². The van der Waals surface area contributed by atoms with Crippen LogP contribution < -0.4 is 16.2 Å².